The van der Waals surface area contributed by atoms with Gasteiger partial charge in [-0.05, 0) is 73.1 Å². The largest absolute Gasteiger partial charge is 0.338 e. The van der Waals surface area contributed by atoms with Crippen molar-refractivity contribution >= 4 is 34.7 Å². The molecule has 3 aromatic rings. The van der Waals surface area contributed by atoms with Gasteiger partial charge in [0.15, 0.2) is 0 Å². The van der Waals surface area contributed by atoms with E-state index >= 15 is 0 Å². The summed E-state index contributed by atoms with van der Waals surface area (Å²) >= 11 is 0. The highest BCUT2D eigenvalue weighted by Gasteiger charge is 2.28. The van der Waals surface area contributed by atoms with E-state index in [0.29, 0.717) is 18.0 Å². The average molecular weight is 487 g/mol. The Labute approximate surface area is 214 Å². The maximum Gasteiger partial charge on any atom is 0.228 e. The topological polar surface area (TPSA) is 86.9 Å². The van der Waals surface area contributed by atoms with Crippen molar-refractivity contribution in [3.63, 3.8) is 0 Å². The van der Waals surface area contributed by atoms with Crippen LogP contribution in [0, 0.1) is 23.7 Å². The molecule has 0 radical (unpaired) electrons. The molecule has 190 valence electrons. The normalized spacial score (nSPS) is 21.6. The SMILES string of the molecule is CC1CCCC1.CCC1C=CC(C)C(C(=O)Nc2ccc(-c3nc4ccc(NC=O)cc4[nH]3)cc2)C1. The van der Waals surface area contributed by atoms with Crippen LogP contribution >= 0.6 is 0 Å². The fourth-order valence-electron chi connectivity index (χ4n) is 5.11. The van der Waals surface area contributed by atoms with E-state index in [2.05, 4.69) is 53.5 Å². The van der Waals surface area contributed by atoms with Gasteiger partial charge in [0.05, 0.1) is 11.0 Å². The standard InChI is InChI=1S/C24H26N4O2.C6H12/c1-3-16-5-4-15(2)20(12-16)24(30)26-18-8-6-17(7-9-18)23-27-21-11-10-19(25-14-29)13-22(21)28-23;1-6-4-2-3-5-6/h4-11,13-16,20H,3,12H2,1-2H3,(H,25,29)(H,26,30)(H,27,28);6H,2-5H2,1H3. The van der Waals surface area contributed by atoms with E-state index in [0.717, 1.165) is 46.9 Å². The van der Waals surface area contributed by atoms with E-state index in [4.69, 9.17) is 0 Å². The number of amides is 2. The number of hydrogen-bond acceptors (Lipinski definition) is 3. The van der Waals surface area contributed by atoms with Crippen molar-refractivity contribution in [1.82, 2.24) is 9.97 Å². The minimum Gasteiger partial charge on any atom is -0.338 e. The lowest BCUT2D eigenvalue weighted by molar-refractivity contribution is -0.121. The van der Waals surface area contributed by atoms with Crippen LogP contribution in [0.25, 0.3) is 22.4 Å². The van der Waals surface area contributed by atoms with Crippen molar-refractivity contribution in [2.45, 2.75) is 59.3 Å². The first kappa shape index (κ1) is 25.7. The molecule has 36 heavy (non-hydrogen) atoms. The van der Waals surface area contributed by atoms with Gasteiger partial charge in [0.2, 0.25) is 12.3 Å². The Balaban J connectivity index is 0.000000445. The summed E-state index contributed by atoms with van der Waals surface area (Å²) in [5, 5.41) is 5.71. The third-order valence-electron chi connectivity index (χ3n) is 7.52. The van der Waals surface area contributed by atoms with Crippen LogP contribution < -0.4 is 10.6 Å². The van der Waals surface area contributed by atoms with Crippen molar-refractivity contribution in [3.8, 4) is 11.4 Å². The van der Waals surface area contributed by atoms with Crippen LogP contribution in [0.4, 0.5) is 11.4 Å². The van der Waals surface area contributed by atoms with Gasteiger partial charge in [-0.25, -0.2) is 4.98 Å². The molecule has 6 heteroatoms. The lowest BCUT2D eigenvalue weighted by atomic mass is 9.78. The molecule has 6 nitrogen and oxygen atoms in total. The molecule has 1 fully saturated rings. The Morgan fingerprint density at radius 3 is 2.42 bits per heavy atom. The van der Waals surface area contributed by atoms with Crippen molar-refractivity contribution in [2.75, 3.05) is 10.6 Å². The Morgan fingerprint density at radius 2 is 1.78 bits per heavy atom. The van der Waals surface area contributed by atoms with Gasteiger partial charge in [-0.3, -0.25) is 9.59 Å². The number of nitrogens with zero attached hydrogens (tertiary/aromatic N) is 1. The lowest BCUT2D eigenvalue weighted by Crippen LogP contribution is -2.31. The van der Waals surface area contributed by atoms with Crippen LogP contribution in [0.1, 0.15) is 59.3 Å². The second kappa shape index (κ2) is 12.0. The average Bonchev–Trinajstić information content (AvgIpc) is 3.54. The molecule has 1 saturated carbocycles. The first-order valence-electron chi connectivity index (χ1n) is 13.3. The number of nitrogens with one attached hydrogen (secondary N) is 3. The number of allylic oxidation sites excluding steroid dienone is 2. The van der Waals surface area contributed by atoms with Crippen LogP contribution in [0.5, 0.6) is 0 Å². The van der Waals surface area contributed by atoms with Crippen molar-refractivity contribution < 1.29 is 9.59 Å². The van der Waals surface area contributed by atoms with Gasteiger partial charge >= 0.3 is 0 Å². The van der Waals surface area contributed by atoms with Crippen molar-refractivity contribution in [3.05, 3.63) is 54.6 Å². The van der Waals surface area contributed by atoms with E-state index in [1.165, 1.54) is 25.7 Å². The lowest BCUT2D eigenvalue weighted by Gasteiger charge is -2.28. The van der Waals surface area contributed by atoms with Crippen LogP contribution in [0.3, 0.4) is 0 Å². The summed E-state index contributed by atoms with van der Waals surface area (Å²) in [6.45, 7) is 6.61. The monoisotopic (exact) mass is 486 g/mol. The number of aromatic amines is 1. The zero-order valence-electron chi connectivity index (χ0n) is 21.6. The Bertz CT molecular complexity index is 1190. The molecule has 0 bridgehead atoms. The number of fused-ring (bicyclic) bond motifs is 1. The van der Waals surface area contributed by atoms with Crippen LogP contribution in [-0.2, 0) is 9.59 Å². The fraction of sp³-hybridized carbons (Fsp3) is 0.433. The third-order valence-corrected chi connectivity index (χ3v) is 7.52. The first-order chi connectivity index (χ1) is 17.5. The number of benzene rings is 2. The number of carbonyl (C=O) groups is 2. The summed E-state index contributed by atoms with van der Waals surface area (Å²) in [4.78, 5) is 31.3. The third kappa shape index (κ3) is 6.42. The molecule has 2 aromatic carbocycles. The summed E-state index contributed by atoms with van der Waals surface area (Å²) in [5.41, 5.74) is 4.09. The second-order valence-electron chi connectivity index (χ2n) is 10.3. The Morgan fingerprint density at radius 1 is 1.06 bits per heavy atom. The molecule has 0 spiro atoms. The zero-order valence-corrected chi connectivity index (χ0v) is 21.6. The second-order valence-corrected chi connectivity index (χ2v) is 10.3. The van der Waals surface area contributed by atoms with E-state index in [1.807, 2.05) is 42.5 Å². The molecule has 3 atom stereocenters. The van der Waals surface area contributed by atoms with Gasteiger partial charge in [-0.2, -0.15) is 0 Å². The molecular weight excluding hydrogens is 448 g/mol. The highest BCUT2D eigenvalue weighted by Crippen LogP contribution is 2.31. The zero-order chi connectivity index (χ0) is 25.5. The molecule has 3 N–H and O–H groups in total. The maximum absolute atomic E-state index is 12.8. The van der Waals surface area contributed by atoms with Crippen LogP contribution in [-0.4, -0.2) is 22.3 Å². The van der Waals surface area contributed by atoms with Gasteiger partial charge < -0.3 is 15.6 Å². The maximum atomic E-state index is 12.8. The molecule has 3 unspecified atom stereocenters. The van der Waals surface area contributed by atoms with E-state index in [9.17, 15) is 9.59 Å². The number of imidazole rings is 1. The van der Waals surface area contributed by atoms with Crippen molar-refractivity contribution in [2.24, 2.45) is 23.7 Å². The molecule has 0 aliphatic heterocycles. The smallest absolute Gasteiger partial charge is 0.228 e. The quantitative estimate of drug-likeness (QED) is 0.255. The number of aromatic nitrogens is 2. The highest BCUT2D eigenvalue weighted by atomic mass is 16.2. The molecule has 2 amide bonds. The van der Waals surface area contributed by atoms with Gasteiger partial charge in [-0.15, -0.1) is 0 Å². The molecule has 2 aliphatic carbocycles. The number of carbonyl (C=O) groups excluding carboxylic acids is 2. The Hall–Kier alpha value is -3.41. The van der Waals surface area contributed by atoms with Crippen LogP contribution in [0.15, 0.2) is 54.6 Å². The molecule has 1 heterocycles. The molecule has 2 aliphatic rings. The summed E-state index contributed by atoms with van der Waals surface area (Å²) in [5.74, 6) is 2.60. The molecule has 5 rings (SSSR count). The predicted octanol–water partition coefficient (Wildman–Crippen LogP) is 7.17. The van der Waals surface area contributed by atoms with Gasteiger partial charge in [0, 0.05) is 22.9 Å². The van der Waals surface area contributed by atoms with Crippen molar-refractivity contribution in [1.29, 1.82) is 0 Å². The van der Waals surface area contributed by atoms with Gasteiger partial charge in [0.25, 0.3) is 0 Å². The minimum absolute atomic E-state index is 0.00386. The first-order valence-corrected chi connectivity index (χ1v) is 13.3. The minimum atomic E-state index is 0.00386. The predicted molar refractivity (Wildman–Crippen MR) is 148 cm³/mol. The summed E-state index contributed by atoms with van der Waals surface area (Å²) in [6.07, 6.45) is 13.0. The van der Waals surface area contributed by atoms with E-state index in [-0.39, 0.29) is 17.7 Å². The number of hydrogen-bond donors (Lipinski definition) is 3. The summed E-state index contributed by atoms with van der Waals surface area (Å²) in [6, 6.07) is 13.2. The molecular formula is C30H38N4O2. The van der Waals surface area contributed by atoms with E-state index < -0.39 is 0 Å². The number of rotatable bonds is 6. The van der Waals surface area contributed by atoms with Gasteiger partial charge in [0.1, 0.15) is 5.82 Å². The number of anilines is 2. The van der Waals surface area contributed by atoms with Crippen LogP contribution in [0.2, 0.25) is 0 Å². The Kier molecular flexibility index (Phi) is 8.57. The highest BCUT2D eigenvalue weighted by molar-refractivity contribution is 5.93. The molecule has 0 saturated heterocycles. The summed E-state index contributed by atoms with van der Waals surface area (Å²) in [7, 11) is 0. The number of H-pyrrole nitrogens is 1. The van der Waals surface area contributed by atoms with Gasteiger partial charge in [-0.1, -0.05) is 58.6 Å². The molecule has 1 aromatic heterocycles. The summed E-state index contributed by atoms with van der Waals surface area (Å²) < 4.78 is 0. The fourth-order valence-corrected chi connectivity index (χ4v) is 5.11. The van der Waals surface area contributed by atoms with E-state index in [1.54, 1.807) is 0 Å².